The van der Waals surface area contributed by atoms with Crippen LogP contribution in [0.1, 0.15) is 12.8 Å². The lowest BCUT2D eigenvalue weighted by Crippen LogP contribution is -2.41. The molecule has 1 aromatic heterocycles. The molecule has 1 saturated heterocycles. The summed E-state index contributed by atoms with van der Waals surface area (Å²) in [5.41, 5.74) is 1.71. The van der Waals surface area contributed by atoms with E-state index in [0.717, 1.165) is 16.6 Å². The van der Waals surface area contributed by atoms with Crippen LogP contribution in [0.4, 0.5) is 5.69 Å². The summed E-state index contributed by atoms with van der Waals surface area (Å²) in [4.78, 5) is 16.0. The number of carbonyl (C=O) groups is 1. The van der Waals surface area contributed by atoms with E-state index in [1.165, 1.54) is 4.31 Å². The Hall–Kier alpha value is -2.64. The van der Waals surface area contributed by atoms with Gasteiger partial charge in [-0.1, -0.05) is 24.3 Å². The van der Waals surface area contributed by atoms with Crippen LogP contribution in [-0.4, -0.2) is 36.7 Å². The minimum absolute atomic E-state index is 0.0577. The lowest BCUT2D eigenvalue weighted by atomic mass is 9.97. The van der Waals surface area contributed by atoms with Crippen molar-refractivity contribution in [2.45, 2.75) is 17.7 Å². The summed E-state index contributed by atoms with van der Waals surface area (Å²) in [6.07, 6.45) is 2.89. The number of sulfonamides is 1. The van der Waals surface area contributed by atoms with Gasteiger partial charge in [0.1, 0.15) is 0 Å². The highest BCUT2D eigenvalue weighted by Gasteiger charge is 2.32. The first kappa shape index (κ1) is 17.8. The van der Waals surface area contributed by atoms with Crippen molar-refractivity contribution in [3.05, 3.63) is 60.8 Å². The molecule has 0 atom stereocenters. The van der Waals surface area contributed by atoms with Gasteiger partial charge in [-0.05, 0) is 48.6 Å². The molecule has 2 aromatic carbocycles. The van der Waals surface area contributed by atoms with Crippen molar-refractivity contribution < 1.29 is 13.2 Å². The lowest BCUT2D eigenvalue weighted by molar-refractivity contribution is -0.120. The SMILES string of the molecule is O=C(Nc1ccc2cc[nH]c2c1)C1CCN(S(=O)(=O)c2ccccc2)CC1. The van der Waals surface area contributed by atoms with Crippen LogP contribution in [0.25, 0.3) is 10.9 Å². The Labute approximate surface area is 158 Å². The zero-order valence-corrected chi connectivity index (χ0v) is 15.6. The van der Waals surface area contributed by atoms with Gasteiger partial charge < -0.3 is 10.3 Å². The summed E-state index contributed by atoms with van der Waals surface area (Å²) in [5.74, 6) is -0.246. The van der Waals surface area contributed by atoms with E-state index in [1.54, 1.807) is 30.3 Å². The number of aromatic nitrogens is 1. The Kier molecular flexibility index (Phi) is 4.72. The maximum atomic E-state index is 12.7. The molecule has 1 amide bonds. The summed E-state index contributed by atoms with van der Waals surface area (Å²) in [7, 11) is -3.49. The third-order valence-electron chi connectivity index (χ3n) is 5.03. The molecule has 27 heavy (non-hydrogen) atoms. The number of benzene rings is 2. The molecule has 0 bridgehead atoms. The van der Waals surface area contributed by atoms with Crippen LogP contribution in [0, 0.1) is 5.92 Å². The maximum absolute atomic E-state index is 12.7. The van der Waals surface area contributed by atoms with E-state index < -0.39 is 10.0 Å². The molecule has 7 heteroatoms. The fraction of sp³-hybridized carbons (Fsp3) is 0.250. The van der Waals surface area contributed by atoms with E-state index >= 15 is 0 Å². The summed E-state index contributed by atoms with van der Waals surface area (Å²) in [6.45, 7) is 0.704. The molecular weight excluding hydrogens is 362 g/mol. The third kappa shape index (κ3) is 3.61. The minimum Gasteiger partial charge on any atom is -0.361 e. The van der Waals surface area contributed by atoms with E-state index in [4.69, 9.17) is 0 Å². The normalized spacial score (nSPS) is 16.4. The first-order chi connectivity index (χ1) is 13.0. The number of hydrogen-bond acceptors (Lipinski definition) is 3. The zero-order valence-electron chi connectivity index (χ0n) is 14.8. The largest absolute Gasteiger partial charge is 0.361 e. The first-order valence-corrected chi connectivity index (χ1v) is 10.4. The maximum Gasteiger partial charge on any atom is 0.243 e. The van der Waals surface area contributed by atoms with Gasteiger partial charge in [-0.3, -0.25) is 4.79 Å². The second-order valence-corrected chi connectivity index (χ2v) is 8.70. The molecule has 0 unspecified atom stereocenters. The van der Waals surface area contributed by atoms with Crippen LogP contribution in [0.15, 0.2) is 65.7 Å². The molecule has 4 rings (SSSR count). The number of aromatic amines is 1. The molecular formula is C20H21N3O3S. The van der Waals surface area contributed by atoms with Crippen LogP contribution < -0.4 is 5.32 Å². The average Bonchev–Trinajstić information content (AvgIpc) is 3.16. The molecule has 1 fully saturated rings. The smallest absolute Gasteiger partial charge is 0.243 e. The van der Waals surface area contributed by atoms with Gasteiger partial charge in [-0.15, -0.1) is 0 Å². The van der Waals surface area contributed by atoms with Gasteiger partial charge in [0, 0.05) is 36.4 Å². The number of hydrogen-bond donors (Lipinski definition) is 2. The van der Waals surface area contributed by atoms with E-state index in [-0.39, 0.29) is 11.8 Å². The molecule has 0 saturated carbocycles. The van der Waals surface area contributed by atoms with E-state index in [0.29, 0.717) is 30.8 Å². The van der Waals surface area contributed by atoms with Crippen molar-refractivity contribution in [1.82, 2.24) is 9.29 Å². The van der Waals surface area contributed by atoms with E-state index in [2.05, 4.69) is 10.3 Å². The highest BCUT2D eigenvalue weighted by atomic mass is 32.2. The minimum atomic E-state index is -3.49. The number of fused-ring (bicyclic) bond motifs is 1. The number of amides is 1. The van der Waals surface area contributed by atoms with Gasteiger partial charge in [0.15, 0.2) is 0 Å². The first-order valence-electron chi connectivity index (χ1n) is 8.97. The van der Waals surface area contributed by atoms with Crippen molar-refractivity contribution in [2.24, 2.45) is 5.92 Å². The number of H-pyrrole nitrogens is 1. The summed E-state index contributed by atoms with van der Waals surface area (Å²) in [6, 6.07) is 16.1. The summed E-state index contributed by atoms with van der Waals surface area (Å²) >= 11 is 0. The molecule has 1 aliphatic rings. The van der Waals surface area contributed by atoms with Crippen molar-refractivity contribution in [3.8, 4) is 0 Å². The molecule has 0 spiro atoms. The van der Waals surface area contributed by atoms with Crippen molar-refractivity contribution >= 4 is 32.5 Å². The Morgan fingerprint density at radius 1 is 1.04 bits per heavy atom. The molecule has 6 nitrogen and oxygen atoms in total. The molecule has 0 radical (unpaired) electrons. The van der Waals surface area contributed by atoms with Gasteiger partial charge in [0.2, 0.25) is 15.9 Å². The van der Waals surface area contributed by atoms with Crippen molar-refractivity contribution in [1.29, 1.82) is 0 Å². The van der Waals surface area contributed by atoms with Gasteiger partial charge in [0.05, 0.1) is 4.90 Å². The van der Waals surface area contributed by atoms with E-state index in [9.17, 15) is 13.2 Å². The molecule has 0 aliphatic carbocycles. The standard InChI is InChI=1S/C20H21N3O3S/c24-20(22-17-7-6-15-8-11-21-19(15)14-17)16-9-12-23(13-10-16)27(25,26)18-4-2-1-3-5-18/h1-8,11,14,16,21H,9-10,12-13H2,(H,22,24). The molecule has 140 valence electrons. The molecule has 2 heterocycles. The Bertz CT molecular complexity index is 1050. The van der Waals surface area contributed by atoms with Gasteiger partial charge in [0.25, 0.3) is 0 Å². The van der Waals surface area contributed by atoms with Crippen LogP contribution in [-0.2, 0) is 14.8 Å². The summed E-state index contributed by atoms with van der Waals surface area (Å²) in [5, 5.41) is 4.04. The molecule has 3 aromatic rings. The number of carbonyl (C=O) groups excluding carboxylic acids is 1. The van der Waals surface area contributed by atoms with Crippen molar-refractivity contribution in [2.75, 3.05) is 18.4 Å². The van der Waals surface area contributed by atoms with Crippen molar-refractivity contribution in [3.63, 3.8) is 0 Å². The summed E-state index contributed by atoms with van der Waals surface area (Å²) < 4.78 is 26.8. The Balaban J connectivity index is 1.39. The third-order valence-corrected chi connectivity index (χ3v) is 6.94. The van der Waals surface area contributed by atoms with Crippen LogP contribution in [0.3, 0.4) is 0 Å². The zero-order chi connectivity index (χ0) is 18.9. The molecule has 1 aliphatic heterocycles. The second kappa shape index (κ2) is 7.17. The highest BCUT2D eigenvalue weighted by molar-refractivity contribution is 7.89. The fourth-order valence-electron chi connectivity index (χ4n) is 3.47. The average molecular weight is 383 g/mol. The number of nitrogens with zero attached hydrogens (tertiary/aromatic N) is 1. The van der Waals surface area contributed by atoms with Gasteiger partial charge in [-0.2, -0.15) is 4.31 Å². The van der Waals surface area contributed by atoms with Crippen LogP contribution in [0.5, 0.6) is 0 Å². The Morgan fingerprint density at radius 3 is 2.52 bits per heavy atom. The topological polar surface area (TPSA) is 82.3 Å². The van der Waals surface area contributed by atoms with Crippen LogP contribution >= 0.6 is 0 Å². The van der Waals surface area contributed by atoms with Crippen LogP contribution in [0.2, 0.25) is 0 Å². The number of anilines is 1. The van der Waals surface area contributed by atoms with Gasteiger partial charge in [-0.25, -0.2) is 8.42 Å². The fourth-order valence-corrected chi connectivity index (χ4v) is 4.96. The quantitative estimate of drug-likeness (QED) is 0.726. The number of rotatable bonds is 4. The highest BCUT2D eigenvalue weighted by Crippen LogP contribution is 2.25. The monoisotopic (exact) mass is 383 g/mol. The predicted octanol–water partition coefficient (Wildman–Crippen LogP) is 3.21. The lowest BCUT2D eigenvalue weighted by Gasteiger charge is -2.30. The number of nitrogens with one attached hydrogen (secondary N) is 2. The number of piperidine rings is 1. The Morgan fingerprint density at radius 2 is 1.78 bits per heavy atom. The predicted molar refractivity (Wildman–Crippen MR) is 105 cm³/mol. The second-order valence-electron chi connectivity index (χ2n) is 6.76. The van der Waals surface area contributed by atoms with Gasteiger partial charge >= 0.3 is 0 Å². The van der Waals surface area contributed by atoms with E-state index in [1.807, 2.05) is 30.5 Å². The molecule has 2 N–H and O–H groups in total.